The van der Waals surface area contributed by atoms with Gasteiger partial charge in [0.05, 0.1) is 25.5 Å². The van der Waals surface area contributed by atoms with E-state index in [1.165, 1.54) is 30.5 Å². The Hall–Kier alpha value is -3.50. The summed E-state index contributed by atoms with van der Waals surface area (Å²) in [6.07, 6.45) is 0. The van der Waals surface area contributed by atoms with Gasteiger partial charge in [-0.2, -0.15) is 0 Å². The predicted octanol–water partition coefficient (Wildman–Crippen LogP) is 4.09. The Balaban J connectivity index is 1.81. The maximum Gasteiger partial charge on any atom is 0.350 e. The summed E-state index contributed by atoms with van der Waals surface area (Å²) >= 11 is 2.31. The fraction of sp³-hybridized carbons (Fsp3) is 0.182. The largest absolute Gasteiger partial charge is 0.503 e. The molecular formula is C22H18N2O6S2. The molecule has 1 unspecified atom stereocenters. The number of methoxy groups -OCH3 is 2. The van der Waals surface area contributed by atoms with Crippen molar-refractivity contribution in [3.63, 3.8) is 0 Å². The highest BCUT2D eigenvalue weighted by Crippen LogP contribution is 2.45. The van der Waals surface area contributed by atoms with Gasteiger partial charge in [-0.3, -0.25) is 14.5 Å². The summed E-state index contributed by atoms with van der Waals surface area (Å²) in [5, 5.41) is 12.8. The van der Waals surface area contributed by atoms with Crippen molar-refractivity contribution in [2.45, 2.75) is 13.0 Å². The van der Waals surface area contributed by atoms with E-state index < -0.39 is 29.5 Å². The van der Waals surface area contributed by atoms with Crippen LogP contribution in [0.5, 0.6) is 5.75 Å². The number of carbonyl (C=O) groups excluding carboxylic acids is 3. The number of amides is 1. The number of thiazole rings is 1. The Morgan fingerprint density at radius 1 is 1.16 bits per heavy atom. The Morgan fingerprint density at radius 2 is 1.88 bits per heavy atom. The molecule has 3 aromatic rings. The van der Waals surface area contributed by atoms with Crippen LogP contribution >= 0.6 is 22.7 Å². The van der Waals surface area contributed by atoms with Gasteiger partial charge in [-0.05, 0) is 42.6 Å². The molecule has 32 heavy (non-hydrogen) atoms. The molecule has 0 bridgehead atoms. The van der Waals surface area contributed by atoms with E-state index in [-0.39, 0.29) is 15.6 Å². The number of ether oxygens (including phenoxy) is 2. The number of aryl methyl sites for hydroxylation is 1. The molecule has 8 nitrogen and oxygen atoms in total. The highest BCUT2D eigenvalue weighted by atomic mass is 32.1. The zero-order chi connectivity index (χ0) is 23.0. The van der Waals surface area contributed by atoms with E-state index in [1.54, 1.807) is 43.3 Å². The first-order chi connectivity index (χ1) is 15.4. The van der Waals surface area contributed by atoms with Crippen LogP contribution in [-0.2, 0) is 9.53 Å². The number of anilines is 1. The van der Waals surface area contributed by atoms with Crippen LogP contribution in [0.3, 0.4) is 0 Å². The van der Waals surface area contributed by atoms with Crippen LogP contribution in [0.2, 0.25) is 0 Å². The monoisotopic (exact) mass is 470 g/mol. The lowest BCUT2D eigenvalue weighted by Crippen LogP contribution is -2.30. The van der Waals surface area contributed by atoms with Gasteiger partial charge in [0.2, 0.25) is 0 Å². The molecule has 0 saturated carbocycles. The molecule has 1 amide bonds. The molecule has 0 radical (unpaired) electrons. The van der Waals surface area contributed by atoms with Gasteiger partial charge in [-0.25, -0.2) is 9.78 Å². The molecule has 164 valence electrons. The second-order valence-electron chi connectivity index (χ2n) is 6.82. The number of thiophene rings is 1. The average Bonchev–Trinajstić information content (AvgIpc) is 3.52. The Labute approximate surface area is 191 Å². The molecule has 4 rings (SSSR count). The topological polar surface area (TPSA) is 106 Å². The molecule has 1 atom stereocenters. The molecule has 1 N–H and O–H groups in total. The molecule has 0 aliphatic carbocycles. The van der Waals surface area contributed by atoms with Gasteiger partial charge in [0.25, 0.3) is 5.91 Å². The summed E-state index contributed by atoms with van der Waals surface area (Å²) in [5.74, 6) is -1.88. The van der Waals surface area contributed by atoms with Crippen LogP contribution in [0, 0.1) is 6.92 Å². The summed E-state index contributed by atoms with van der Waals surface area (Å²) < 4.78 is 9.91. The van der Waals surface area contributed by atoms with Crippen molar-refractivity contribution in [2.24, 2.45) is 0 Å². The molecule has 2 aromatic heterocycles. The van der Waals surface area contributed by atoms with E-state index in [4.69, 9.17) is 9.47 Å². The summed E-state index contributed by atoms with van der Waals surface area (Å²) in [4.78, 5) is 45.1. The van der Waals surface area contributed by atoms with Crippen molar-refractivity contribution in [3.05, 3.63) is 74.1 Å². The van der Waals surface area contributed by atoms with Gasteiger partial charge < -0.3 is 14.6 Å². The highest BCUT2D eigenvalue weighted by molar-refractivity contribution is 7.17. The summed E-state index contributed by atoms with van der Waals surface area (Å²) in [6.45, 7) is 1.63. The first kappa shape index (κ1) is 21.7. The van der Waals surface area contributed by atoms with E-state index >= 15 is 0 Å². The van der Waals surface area contributed by atoms with Gasteiger partial charge >= 0.3 is 5.97 Å². The van der Waals surface area contributed by atoms with E-state index in [1.807, 2.05) is 5.38 Å². The van der Waals surface area contributed by atoms with E-state index in [0.717, 1.165) is 11.3 Å². The predicted molar refractivity (Wildman–Crippen MR) is 120 cm³/mol. The third-order valence-corrected chi connectivity index (χ3v) is 7.04. The Kier molecular flexibility index (Phi) is 5.81. The molecule has 1 aliphatic rings. The van der Waals surface area contributed by atoms with Crippen LogP contribution in [0.15, 0.2) is 53.1 Å². The van der Waals surface area contributed by atoms with Crippen molar-refractivity contribution < 1.29 is 29.0 Å². The summed E-state index contributed by atoms with van der Waals surface area (Å²) in [6, 6.07) is 9.09. The average molecular weight is 471 g/mol. The van der Waals surface area contributed by atoms with Crippen molar-refractivity contribution >= 4 is 45.5 Å². The number of aromatic nitrogens is 1. The number of aliphatic hydroxyl groups excluding tert-OH is 1. The minimum Gasteiger partial charge on any atom is -0.503 e. The number of esters is 1. The lowest BCUT2D eigenvalue weighted by Gasteiger charge is -2.23. The first-order valence-corrected chi connectivity index (χ1v) is 11.1. The van der Waals surface area contributed by atoms with Crippen LogP contribution in [0.25, 0.3) is 0 Å². The molecule has 0 spiro atoms. The Morgan fingerprint density at radius 3 is 2.47 bits per heavy atom. The van der Waals surface area contributed by atoms with Gasteiger partial charge in [0.1, 0.15) is 16.7 Å². The normalized spacial score (nSPS) is 15.9. The van der Waals surface area contributed by atoms with Gasteiger partial charge in [-0.1, -0.05) is 17.4 Å². The minimum atomic E-state index is -0.881. The number of hydrogen-bond donors (Lipinski definition) is 1. The lowest BCUT2D eigenvalue weighted by molar-refractivity contribution is -0.117. The second kappa shape index (κ2) is 8.56. The van der Waals surface area contributed by atoms with Crippen LogP contribution in [0.1, 0.15) is 36.6 Å². The number of hydrogen-bond acceptors (Lipinski definition) is 9. The number of benzene rings is 1. The molecule has 10 heteroatoms. The van der Waals surface area contributed by atoms with Crippen molar-refractivity contribution in [3.8, 4) is 5.75 Å². The minimum absolute atomic E-state index is 0.0462. The van der Waals surface area contributed by atoms with E-state index in [2.05, 4.69) is 4.98 Å². The number of Topliss-reactive ketones (excluding diaryl/α,β-unsaturated/α-hetero) is 1. The lowest BCUT2D eigenvalue weighted by atomic mass is 9.97. The molecule has 3 heterocycles. The number of carbonyl (C=O) groups is 3. The standard InChI is InChI=1S/C22H18N2O6S2/c1-11-19(21(28)30-3)32-22(23-11)24-16(14-5-4-10-31-14)15(18(26)20(24)27)17(25)12-6-8-13(29-2)9-7-12/h4-10,16,26H,1-3H3. The second-order valence-corrected chi connectivity index (χ2v) is 8.77. The quantitative estimate of drug-likeness (QED) is 0.427. The number of aliphatic hydroxyl groups is 1. The van der Waals surface area contributed by atoms with Crippen LogP contribution in [-0.4, -0.2) is 42.0 Å². The third kappa shape index (κ3) is 3.57. The van der Waals surface area contributed by atoms with Crippen LogP contribution in [0.4, 0.5) is 5.13 Å². The SMILES string of the molecule is COC(=O)c1sc(N2C(=O)C(O)=C(C(=O)c3ccc(OC)cc3)C2c2cccs2)nc1C. The maximum atomic E-state index is 13.4. The molecule has 0 fully saturated rings. The number of ketones is 1. The number of nitrogens with zero attached hydrogens (tertiary/aromatic N) is 2. The summed E-state index contributed by atoms with van der Waals surface area (Å²) in [5.41, 5.74) is 0.646. The third-order valence-electron chi connectivity index (χ3n) is 4.98. The van der Waals surface area contributed by atoms with Crippen LogP contribution < -0.4 is 9.64 Å². The highest BCUT2D eigenvalue weighted by Gasteiger charge is 2.46. The maximum absolute atomic E-state index is 13.4. The number of rotatable bonds is 6. The van der Waals surface area contributed by atoms with Gasteiger partial charge in [-0.15, -0.1) is 11.3 Å². The fourth-order valence-electron chi connectivity index (χ4n) is 3.42. The zero-order valence-electron chi connectivity index (χ0n) is 17.3. The molecule has 1 aromatic carbocycles. The zero-order valence-corrected chi connectivity index (χ0v) is 19.0. The summed E-state index contributed by atoms with van der Waals surface area (Å²) in [7, 11) is 2.78. The smallest absolute Gasteiger partial charge is 0.350 e. The fourth-order valence-corrected chi connectivity index (χ4v) is 5.25. The van der Waals surface area contributed by atoms with Gasteiger partial charge in [0, 0.05) is 10.4 Å². The van der Waals surface area contributed by atoms with Crippen molar-refractivity contribution in [2.75, 3.05) is 19.1 Å². The first-order valence-electron chi connectivity index (χ1n) is 9.42. The van der Waals surface area contributed by atoms with E-state index in [0.29, 0.717) is 21.9 Å². The molecule has 0 saturated heterocycles. The van der Waals surface area contributed by atoms with E-state index in [9.17, 15) is 19.5 Å². The van der Waals surface area contributed by atoms with Crippen molar-refractivity contribution in [1.82, 2.24) is 4.98 Å². The van der Waals surface area contributed by atoms with Gasteiger partial charge in [0.15, 0.2) is 16.7 Å². The molecular weight excluding hydrogens is 452 g/mol. The van der Waals surface area contributed by atoms with Crippen molar-refractivity contribution in [1.29, 1.82) is 0 Å². The molecule has 1 aliphatic heterocycles. The Bertz CT molecular complexity index is 1230.